The molecule has 3 aromatic rings. The van der Waals surface area contributed by atoms with Crippen LogP contribution in [-0.2, 0) is 10.3 Å². The molecule has 5 fully saturated rings. The Morgan fingerprint density at radius 1 is 1.06 bits per heavy atom. The number of piperidine rings is 1. The molecule has 0 amide bonds. The molecule has 2 aromatic heterocycles. The molecule has 7 heteroatoms. The number of nitrogens with zero attached hydrogens (tertiary/aromatic N) is 5. The van der Waals surface area contributed by atoms with Crippen molar-refractivity contribution in [3.05, 3.63) is 41.3 Å². The van der Waals surface area contributed by atoms with Gasteiger partial charge in [-0.05, 0) is 81.6 Å². The lowest BCUT2D eigenvalue weighted by atomic mass is 9.50. The molecule has 2 saturated heterocycles. The summed E-state index contributed by atoms with van der Waals surface area (Å²) < 4.78 is 9.69. The molecule has 3 aliphatic carbocycles. The zero-order valence-electron chi connectivity index (χ0n) is 17.9. The fourth-order valence-electron chi connectivity index (χ4n) is 6.29. The monoisotopic (exact) mass is 437 g/mol. The van der Waals surface area contributed by atoms with Crippen LogP contribution in [0.4, 0.5) is 0 Å². The van der Waals surface area contributed by atoms with Crippen LogP contribution in [0.1, 0.15) is 50.5 Å². The predicted molar refractivity (Wildman–Crippen MR) is 120 cm³/mol. The molecule has 8 rings (SSSR count). The van der Waals surface area contributed by atoms with Crippen LogP contribution >= 0.6 is 11.6 Å². The topological polar surface area (TPSA) is 48.1 Å². The number of likely N-dealkylation sites (tertiary alicyclic amines) is 1. The molecule has 0 spiro atoms. The van der Waals surface area contributed by atoms with Crippen LogP contribution in [0.15, 0.2) is 30.7 Å². The second-order valence-electron chi connectivity index (χ2n) is 10.6. The number of benzene rings is 1. The summed E-state index contributed by atoms with van der Waals surface area (Å²) in [6, 6.07) is 4.37. The van der Waals surface area contributed by atoms with Crippen LogP contribution in [0.5, 0.6) is 0 Å². The van der Waals surface area contributed by atoms with Gasteiger partial charge >= 0.3 is 0 Å². The molecule has 4 heterocycles. The number of hydrogen-bond acceptors (Lipinski definition) is 4. The maximum Gasteiger partial charge on any atom is 0.103 e. The lowest BCUT2D eigenvalue weighted by Gasteiger charge is -2.61. The Kier molecular flexibility index (Phi) is 3.81. The summed E-state index contributed by atoms with van der Waals surface area (Å²) in [5, 5.41) is 11.3. The number of hydrogen-bond donors (Lipinski definition) is 0. The van der Waals surface area contributed by atoms with Crippen molar-refractivity contribution < 1.29 is 4.74 Å². The Morgan fingerprint density at radius 2 is 1.84 bits per heavy atom. The third kappa shape index (κ3) is 2.65. The first-order chi connectivity index (χ1) is 15.0. The third-order valence-corrected chi connectivity index (χ3v) is 8.84. The van der Waals surface area contributed by atoms with E-state index < -0.39 is 0 Å². The summed E-state index contributed by atoms with van der Waals surface area (Å²) >= 11 is 6.77. The SMILES string of the molecule is CC1(N2CCC(c3cc4c(cnn4-c4cnn(C56CC(C5)C6)c4)cc3Cl)CC2)COC1. The van der Waals surface area contributed by atoms with Crippen molar-refractivity contribution in [3.8, 4) is 5.69 Å². The van der Waals surface area contributed by atoms with Gasteiger partial charge < -0.3 is 4.74 Å². The number of aromatic nitrogens is 4. The fourth-order valence-corrected chi connectivity index (χ4v) is 6.61. The van der Waals surface area contributed by atoms with E-state index in [1.165, 1.54) is 24.8 Å². The highest BCUT2D eigenvalue weighted by Gasteiger charge is 2.58. The molecule has 5 aliphatic rings. The van der Waals surface area contributed by atoms with Gasteiger partial charge in [-0.2, -0.15) is 10.2 Å². The van der Waals surface area contributed by atoms with Crippen LogP contribution in [-0.4, -0.2) is 56.3 Å². The van der Waals surface area contributed by atoms with Crippen molar-refractivity contribution in [2.75, 3.05) is 26.3 Å². The normalized spacial score (nSPS) is 30.1. The van der Waals surface area contributed by atoms with Gasteiger partial charge in [0.05, 0.1) is 48.4 Å². The summed E-state index contributed by atoms with van der Waals surface area (Å²) in [5.74, 6) is 1.43. The third-order valence-electron chi connectivity index (χ3n) is 8.52. The number of halogens is 1. The molecular formula is C24H28ClN5O. The lowest BCUT2D eigenvalue weighted by molar-refractivity contribution is -0.136. The number of rotatable bonds is 4. The highest BCUT2D eigenvalue weighted by atomic mass is 35.5. The van der Waals surface area contributed by atoms with Gasteiger partial charge in [-0.25, -0.2) is 4.68 Å². The van der Waals surface area contributed by atoms with E-state index in [1.807, 2.05) is 17.1 Å². The van der Waals surface area contributed by atoms with Crippen LogP contribution in [0.3, 0.4) is 0 Å². The molecule has 0 radical (unpaired) electrons. The van der Waals surface area contributed by atoms with E-state index in [9.17, 15) is 0 Å². The van der Waals surface area contributed by atoms with E-state index in [2.05, 4.69) is 34.8 Å². The standard InChI is InChI=1S/C24H28ClN5O/c1-23(14-31-15-23)28-4-2-17(3-5-28)20-7-22-18(6-21(20)25)11-27-30(22)19-12-26-29(13-19)24-8-16(9-24)10-24/h6-7,11-13,16-17H,2-5,8-10,14-15H2,1H3. The first-order valence-electron chi connectivity index (χ1n) is 11.6. The van der Waals surface area contributed by atoms with Gasteiger partial charge in [0.2, 0.25) is 0 Å². The Bertz CT molecular complexity index is 1150. The Labute approximate surface area is 187 Å². The molecule has 0 unspecified atom stereocenters. The minimum absolute atomic E-state index is 0.234. The summed E-state index contributed by atoms with van der Waals surface area (Å²) in [4.78, 5) is 2.60. The van der Waals surface area contributed by atoms with E-state index in [0.717, 1.165) is 66.7 Å². The first-order valence-corrected chi connectivity index (χ1v) is 12.0. The van der Waals surface area contributed by atoms with Gasteiger partial charge in [0.25, 0.3) is 0 Å². The fraction of sp³-hybridized carbons (Fsp3) is 0.583. The second kappa shape index (κ2) is 6.33. The van der Waals surface area contributed by atoms with Crippen molar-refractivity contribution in [1.29, 1.82) is 0 Å². The molecule has 0 atom stereocenters. The van der Waals surface area contributed by atoms with Crippen molar-refractivity contribution >= 4 is 22.5 Å². The summed E-state index contributed by atoms with van der Waals surface area (Å²) in [6.45, 7) is 6.25. The van der Waals surface area contributed by atoms with Crippen LogP contribution in [0, 0.1) is 5.92 Å². The summed E-state index contributed by atoms with van der Waals surface area (Å²) in [6.07, 6.45) is 12.2. The molecule has 6 nitrogen and oxygen atoms in total. The number of fused-ring (bicyclic) bond motifs is 1. The van der Waals surface area contributed by atoms with Crippen molar-refractivity contribution in [2.45, 2.75) is 56.0 Å². The van der Waals surface area contributed by atoms with E-state index in [1.54, 1.807) is 0 Å². The van der Waals surface area contributed by atoms with Gasteiger partial charge in [0.15, 0.2) is 0 Å². The largest absolute Gasteiger partial charge is 0.377 e. The molecular weight excluding hydrogens is 410 g/mol. The van der Waals surface area contributed by atoms with E-state index >= 15 is 0 Å². The molecule has 3 saturated carbocycles. The Morgan fingerprint density at radius 3 is 2.48 bits per heavy atom. The molecule has 2 aliphatic heterocycles. The maximum absolute atomic E-state index is 6.77. The minimum Gasteiger partial charge on any atom is -0.377 e. The smallest absolute Gasteiger partial charge is 0.103 e. The van der Waals surface area contributed by atoms with Crippen LogP contribution in [0.2, 0.25) is 5.02 Å². The number of ether oxygens (including phenoxy) is 1. The highest BCUT2D eigenvalue weighted by molar-refractivity contribution is 6.32. The predicted octanol–water partition coefficient (Wildman–Crippen LogP) is 4.35. The Hall–Kier alpha value is -1.89. The average Bonchev–Trinajstić information content (AvgIpc) is 3.30. The van der Waals surface area contributed by atoms with E-state index in [0.29, 0.717) is 11.5 Å². The second-order valence-corrected chi connectivity index (χ2v) is 11.0. The zero-order valence-corrected chi connectivity index (χ0v) is 18.7. The summed E-state index contributed by atoms with van der Waals surface area (Å²) in [7, 11) is 0. The first kappa shape index (κ1) is 18.7. The van der Waals surface area contributed by atoms with Gasteiger partial charge in [-0.15, -0.1) is 0 Å². The quantitative estimate of drug-likeness (QED) is 0.608. The molecule has 31 heavy (non-hydrogen) atoms. The van der Waals surface area contributed by atoms with Gasteiger partial charge in [-0.3, -0.25) is 9.58 Å². The molecule has 2 bridgehead atoms. The average molecular weight is 438 g/mol. The molecule has 0 N–H and O–H groups in total. The van der Waals surface area contributed by atoms with Gasteiger partial charge in [-0.1, -0.05) is 11.6 Å². The summed E-state index contributed by atoms with van der Waals surface area (Å²) in [5.41, 5.74) is 3.96. The van der Waals surface area contributed by atoms with Crippen LogP contribution in [0.25, 0.3) is 16.6 Å². The highest BCUT2D eigenvalue weighted by Crippen LogP contribution is 2.62. The molecule has 1 aromatic carbocycles. The zero-order chi connectivity index (χ0) is 20.8. The van der Waals surface area contributed by atoms with E-state index in [-0.39, 0.29) is 5.54 Å². The molecule has 162 valence electrons. The lowest BCUT2D eigenvalue weighted by Crippen LogP contribution is -2.61. The Balaban J connectivity index is 1.18. The van der Waals surface area contributed by atoms with Crippen molar-refractivity contribution in [2.24, 2.45) is 5.92 Å². The maximum atomic E-state index is 6.77. The minimum atomic E-state index is 0.234. The van der Waals surface area contributed by atoms with Crippen molar-refractivity contribution in [1.82, 2.24) is 24.5 Å². The van der Waals surface area contributed by atoms with Gasteiger partial charge in [0, 0.05) is 10.4 Å². The van der Waals surface area contributed by atoms with Crippen molar-refractivity contribution in [3.63, 3.8) is 0 Å². The van der Waals surface area contributed by atoms with Crippen LogP contribution < -0.4 is 0 Å². The van der Waals surface area contributed by atoms with E-state index in [4.69, 9.17) is 26.5 Å². The van der Waals surface area contributed by atoms with Gasteiger partial charge in [0.1, 0.15) is 5.69 Å².